The van der Waals surface area contributed by atoms with E-state index in [9.17, 15) is 8.42 Å². The molecule has 0 bridgehead atoms. The van der Waals surface area contributed by atoms with Gasteiger partial charge in [-0.15, -0.1) is 10.2 Å². The number of sulfonamides is 1. The lowest BCUT2D eigenvalue weighted by Crippen LogP contribution is -2.26. The number of hydrogen-bond donors (Lipinski definition) is 1. The minimum Gasteiger partial charge on any atom is -0.286 e. The summed E-state index contributed by atoms with van der Waals surface area (Å²) in [5, 5.41) is 7.99. The summed E-state index contributed by atoms with van der Waals surface area (Å²) in [7, 11) is -3.22. The first-order valence-electron chi connectivity index (χ1n) is 4.94. The smallest absolute Gasteiger partial charge is 0.221 e. The van der Waals surface area contributed by atoms with Crippen molar-refractivity contribution in [2.24, 2.45) is 0 Å². The lowest BCUT2D eigenvalue weighted by molar-refractivity contribution is 0.586. The zero-order valence-electron chi connectivity index (χ0n) is 8.88. The Morgan fingerprint density at radius 1 is 1.35 bits per heavy atom. The van der Waals surface area contributed by atoms with Crippen LogP contribution in [0, 0.1) is 0 Å². The molecule has 0 unspecified atom stereocenters. The first-order valence-corrected chi connectivity index (χ1v) is 7.72. The maximum Gasteiger partial charge on any atom is 0.221 e. The van der Waals surface area contributed by atoms with Gasteiger partial charge in [-0.25, -0.2) is 13.1 Å². The van der Waals surface area contributed by atoms with Crippen LogP contribution in [0.15, 0.2) is 24.4 Å². The van der Waals surface area contributed by atoms with E-state index in [1.54, 1.807) is 0 Å². The highest BCUT2D eigenvalue weighted by atomic mass is 79.9. The van der Waals surface area contributed by atoms with Gasteiger partial charge in [-0.1, -0.05) is 22.0 Å². The third-order valence-electron chi connectivity index (χ3n) is 2.20. The van der Waals surface area contributed by atoms with E-state index in [0.717, 1.165) is 11.5 Å². The van der Waals surface area contributed by atoms with Gasteiger partial charge in [0.25, 0.3) is 0 Å². The van der Waals surface area contributed by atoms with Gasteiger partial charge in [0, 0.05) is 19.2 Å². The van der Waals surface area contributed by atoms with E-state index in [2.05, 4.69) is 30.8 Å². The number of aromatic nitrogens is 3. The second-order valence-corrected chi connectivity index (χ2v) is 6.52. The molecule has 8 heteroatoms. The summed E-state index contributed by atoms with van der Waals surface area (Å²) in [5.41, 5.74) is 0.755. The fraction of sp³-hybridized carbons (Fsp3) is 0.333. The molecule has 0 fully saturated rings. The SMILES string of the molecule is O=S(=O)(CBr)NCCc1nnc2ccccn12. The normalized spacial score (nSPS) is 12.1. The number of alkyl halides is 1. The lowest BCUT2D eigenvalue weighted by Gasteiger charge is -2.02. The number of rotatable bonds is 5. The van der Waals surface area contributed by atoms with Crippen molar-refractivity contribution in [2.75, 3.05) is 11.2 Å². The summed E-state index contributed by atoms with van der Waals surface area (Å²) in [6.45, 7) is 0.309. The Labute approximate surface area is 107 Å². The van der Waals surface area contributed by atoms with Gasteiger partial charge >= 0.3 is 0 Å². The van der Waals surface area contributed by atoms with Gasteiger partial charge in [0.05, 0.1) is 0 Å². The highest BCUT2D eigenvalue weighted by Gasteiger charge is 2.08. The molecule has 1 N–H and O–H groups in total. The second-order valence-electron chi connectivity index (χ2n) is 3.41. The molecule has 0 radical (unpaired) electrons. The van der Waals surface area contributed by atoms with Gasteiger partial charge < -0.3 is 0 Å². The number of halogens is 1. The number of pyridine rings is 1. The van der Waals surface area contributed by atoms with Crippen LogP contribution in [0.4, 0.5) is 0 Å². The molecule has 6 nitrogen and oxygen atoms in total. The topological polar surface area (TPSA) is 76.4 Å². The molecule has 0 atom stereocenters. The molecule has 17 heavy (non-hydrogen) atoms. The van der Waals surface area contributed by atoms with Crippen LogP contribution in [-0.4, -0.2) is 34.2 Å². The molecule has 0 aliphatic rings. The van der Waals surface area contributed by atoms with Gasteiger partial charge in [0.2, 0.25) is 10.0 Å². The minimum absolute atomic E-state index is 0.0966. The molecule has 0 aliphatic carbocycles. The van der Waals surface area contributed by atoms with Gasteiger partial charge in [-0.2, -0.15) is 0 Å². The molecule has 2 heterocycles. The summed E-state index contributed by atoms with van der Waals surface area (Å²) in [5.74, 6) is 0.734. The monoisotopic (exact) mass is 318 g/mol. The van der Waals surface area contributed by atoms with Gasteiger partial charge in [0.15, 0.2) is 5.65 Å². The third-order valence-corrected chi connectivity index (χ3v) is 4.94. The molecule has 0 aliphatic heterocycles. The van der Waals surface area contributed by atoms with E-state index < -0.39 is 10.0 Å². The predicted octanol–water partition coefficient (Wildman–Crippen LogP) is 0.544. The fourth-order valence-electron chi connectivity index (χ4n) is 1.42. The van der Waals surface area contributed by atoms with Gasteiger partial charge in [0.1, 0.15) is 10.5 Å². The molecule has 0 saturated heterocycles. The van der Waals surface area contributed by atoms with E-state index >= 15 is 0 Å². The van der Waals surface area contributed by atoms with Crippen LogP contribution in [0.25, 0.3) is 5.65 Å². The average Bonchev–Trinajstić information content (AvgIpc) is 2.73. The predicted molar refractivity (Wildman–Crippen MR) is 67.4 cm³/mol. The van der Waals surface area contributed by atoms with Crippen molar-refractivity contribution in [1.29, 1.82) is 0 Å². The maximum atomic E-state index is 11.2. The van der Waals surface area contributed by atoms with Crippen molar-refractivity contribution in [3.63, 3.8) is 0 Å². The molecule has 0 spiro atoms. The number of nitrogens with one attached hydrogen (secondary N) is 1. The van der Waals surface area contributed by atoms with E-state index in [-0.39, 0.29) is 4.66 Å². The van der Waals surface area contributed by atoms with Crippen LogP contribution in [0.2, 0.25) is 0 Å². The van der Waals surface area contributed by atoms with E-state index in [1.807, 2.05) is 28.8 Å². The van der Waals surface area contributed by atoms with E-state index in [0.29, 0.717) is 13.0 Å². The summed E-state index contributed by atoms with van der Waals surface area (Å²) in [6.07, 6.45) is 2.35. The lowest BCUT2D eigenvalue weighted by atomic mass is 10.4. The molecule has 0 saturated carbocycles. The van der Waals surface area contributed by atoms with Crippen molar-refractivity contribution in [3.05, 3.63) is 30.2 Å². The standard InChI is InChI=1S/C9H11BrN4O2S/c10-7-17(15,16)11-5-4-9-13-12-8-3-1-2-6-14(8)9/h1-3,6,11H,4-5,7H2. The first kappa shape index (κ1) is 12.5. The van der Waals surface area contributed by atoms with Crippen LogP contribution < -0.4 is 4.72 Å². The zero-order valence-corrected chi connectivity index (χ0v) is 11.3. The molecular formula is C9H11BrN4O2S. The molecule has 2 rings (SSSR count). The van der Waals surface area contributed by atoms with Crippen LogP contribution >= 0.6 is 15.9 Å². The van der Waals surface area contributed by atoms with Crippen LogP contribution in [0.3, 0.4) is 0 Å². The Kier molecular flexibility index (Phi) is 3.75. The van der Waals surface area contributed by atoms with Crippen LogP contribution in [0.5, 0.6) is 0 Å². The Hall–Kier alpha value is -0.990. The molecule has 92 valence electrons. The Morgan fingerprint density at radius 2 is 2.18 bits per heavy atom. The minimum atomic E-state index is -3.22. The molecule has 0 amide bonds. The van der Waals surface area contributed by atoms with Gasteiger partial charge in [-0.05, 0) is 12.1 Å². The Balaban J connectivity index is 2.05. The quantitative estimate of drug-likeness (QED) is 0.816. The highest BCUT2D eigenvalue weighted by molar-refractivity contribution is 9.10. The van der Waals surface area contributed by atoms with E-state index in [4.69, 9.17) is 0 Å². The zero-order chi connectivity index (χ0) is 12.3. The summed E-state index contributed by atoms with van der Waals surface area (Å²) >= 11 is 2.91. The first-order chi connectivity index (χ1) is 8.12. The third kappa shape index (κ3) is 3.02. The van der Waals surface area contributed by atoms with Gasteiger partial charge in [-0.3, -0.25) is 4.40 Å². The van der Waals surface area contributed by atoms with Crippen molar-refractivity contribution < 1.29 is 8.42 Å². The summed E-state index contributed by atoms with van der Waals surface area (Å²) < 4.78 is 26.6. The van der Waals surface area contributed by atoms with Crippen LogP contribution in [-0.2, 0) is 16.4 Å². The van der Waals surface area contributed by atoms with Crippen molar-refractivity contribution in [1.82, 2.24) is 19.3 Å². The summed E-state index contributed by atoms with van der Waals surface area (Å²) in [6, 6.07) is 5.60. The molecule has 0 aromatic carbocycles. The fourth-order valence-corrected chi connectivity index (χ4v) is 2.39. The van der Waals surface area contributed by atoms with Crippen LogP contribution in [0.1, 0.15) is 5.82 Å². The molecule has 2 aromatic rings. The molecular weight excluding hydrogens is 308 g/mol. The van der Waals surface area contributed by atoms with Crippen molar-refractivity contribution in [3.8, 4) is 0 Å². The number of nitrogens with zero attached hydrogens (tertiary/aromatic N) is 3. The number of hydrogen-bond acceptors (Lipinski definition) is 4. The van der Waals surface area contributed by atoms with Crippen molar-refractivity contribution in [2.45, 2.75) is 6.42 Å². The average molecular weight is 319 g/mol. The summed E-state index contributed by atoms with van der Waals surface area (Å²) in [4.78, 5) is 0. The van der Waals surface area contributed by atoms with E-state index in [1.165, 1.54) is 0 Å². The molecule has 2 aromatic heterocycles. The Bertz CT molecular complexity index is 610. The Morgan fingerprint density at radius 3 is 2.94 bits per heavy atom. The highest BCUT2D eigenvalue weighted by Crippen LogP contribution is 2.03. The number of fused-ring (bicyclic) bond motifs is 1. The van der Waals surface area contributed by atoms with Crippen molar-refractivity contribution >= 4 is 31.6 Å². The maximum absolute atomic E-state index is 11.2. The second kappa shape index (κ2) is 5.11. The largest absolute Gasteiger partial charge is 0.286 e.